The van der Waals surface area contributed by atoms with E-state index in [-0.39, 0.29) is 5.91 Å². The Morgan fingerprint density at radius 3 is 2.50 bits per heavy atom. The number of piperidine rings is 1. The molecule has 0 radical (unpaired) electrons. The van der Waals surface area contributed by atoms with Crippen molar-refractivity contribution in [2.75, 3.05) is 26.7 Å². The molecule has 0 saturated carbocycles. The van der Waals surface area contributed by atoms with Crippen LogP contribution in [0.25, 0.3) is 0 Å². The van der Waals surface area contributed by atoms with Crippen LogP contribution in [0.4, 0.5) is 0 Å². The second-order valence-electron chi connectivity index (χ2n) is 6.28. The second-order valence-corrected chi connectivity index (χ2v) is 6.28. The van der Waals surface area contributed by atoms with Crippen molar-refractivity contribution in [2.24, 2.45) is 0 Å². The van der Waals surface area contributed by atoms with Crippen LogP contribution in [0.2, 0.25) is 0 Å². The molecule has 2 rings (SSSR count). The van der Waals surface area contributed by atoms with Crippen LogP contribution in [0.5, 0.6) is 5.75 Å². The third-order valence-corrected chi connectivity index (χ3v) is 4.56. The highest BCUT2D eigenvalue weighted by molar-refractivity contribution is 5.78. The third kappa shape index (κ3) is 4.73. The largest absolute Gasteiger partial charge is 0.492 e. The average Bonchev–Trinajstić information content (AvgIpc) is 2.52. The fourth-order valence-corrected chi connectivity index (χ4v) is 3.01. The van der Waals surface area contributed by atoms with E-state index in [0.29, 0.717) is 31.8 Å². The van der Waals surface area contributed by atoms with Gasteiger partial charge in [0.15, 0.2) is 0 Å². The van der Waals surface area contributed by atoms with Gasteiger partial charge in [-0.15, -0.1) is 0 Å². The van der Waals surface area contributed by atoms with Gasteiger partial charge in [-0.05, 0) is 38.8 Å². The molecule has 4 nitrogen and oxygen atoms in total. The maximum absolute atomic E-state index is 12.4. The topological polar surface area (TPSA) is 32.8 Å². The lowest BCUT2D eigenvalue weighted by atomic mass is 9.97. The molecule has 0 aromatic heterocycles. The summed E-state index contributed by atoms with van der Waals surface area (Å²) in [4.78, 5) is 16.5. The van der Waals surface area contributed by atoms with E-state index < -0.39 is 0 Å². The fourth-order valence-electron chi connectivity index (χ4n) is 3.01. The summed E-state index contributed by atoms with van der Waals surface area (Å²) in [5, 5.41) is 0. The highest BCUT2D eigenvalue weighted by atomic mass is 16.5. The molecule has 0 spiro atoms. The van der Waals surface area contributed by atoms with Crippen molar-refractivity contribution in [1.29, 1.82) is 0 Å². The molecule has 0 bridgehead atoms. The van der Waals surface area contributed by atoms with Crippen molar-refractivity contribution >= 4 is 5.91 Å². The molecular weight excluding hydrogens is 276 g/mol. The molecule has 22 heavy (non-hydrogen) atoms. The van der Waals surface area contributed by atoms with E-state index >= 15 is 0 Å². The summed E-state index contributed by atoms with van der Waals surface area (Å²) in [6, 6.07) is 10.7. The van der Waals surface area contributed by atoms with Gasteiger partial charge in [-0.2, -0.15) is 0 Å². The first-order valence-electron chi connectivity index (χ1n) is 8.25. The van der Waals surface area contributed by atoms with Gasteiger partial charge in [-0.3, -0.25) is 9.69 Å². The summed E-state index contributed by atoms with van der Waals surface area (Å²) in [7, 11) is 1.86. The van der Waals surface area contributed by atoms with Crippen LogP contribution >= 0.6 is 0 Å². The van der Waals surface area contributed by atoms with E-state index in [2.05, 4.69) is 18.7 Å². The first-order valence-corrected chi connectivity index (χ1v) is 8.25. The Morgan fingerprint density at radius 1 is 1.23 bits per heavy atom. The van der Waals surface area contributed by atoms with Gasteiger partial charge in [0.2, 0.25) is 5.91 Å². The summed E-state index contributed by atoms with van der Waals surface area (Å²) in [5.41, 5.74) is 0. The van der Waals surface area contributed by atoms with E-state index in [1.807, 2.05) is 37.4 Å². The number of hydrogen-bond donors (Lipinski definition) is 0. The molecule has 2 unspecified atom stereocenters. The first-order chi connectivity index (χ1) is 10.6. The van der Waals surface area contributed by atoms with Crippen molar-refractivity contribution in [3.63, 3.8) is 0 Å². The van der Waals surface area contributed by atoms with Crippen LogP contribution in [-0.4, -0.2) is 54.5 Å². The highest BCUT2D eigenvalue weighted by Crippen LogP contribution is 2.22. The van der Waals surface area contributed by atoms with Crippen LogP contribution in [0.3, 0.4) is 0 Å². The number of amides is 1. The molecule has 122 valence electrons. The molecule has 1 aromatic rings. The number of hydrogen-bond acceptors (Lipinski definition) is 3. The van der Waals surface area contributed by atoms with Gasteiger partial charge in [0.25, 0.3) is 0 Å². The SMILES string of the molecule is CC1CCCC(C)N1CC(=O)N(C)CCOc1ccccc1. The molecule has 4 heteroatoms. The van der Waals surface area contributed by atoms with Crippen LogP contribution in [0, 0.1) is 0 Å². The lowest BCUT2D eigenvalue weighted by molar-refractivity contribution is -0.133. The second kappa shape index (κ2) is 8.18. The molecule has 2 atom stereocenters. The smallest absolute Gasteiger partial charge is 0.236 e. The van der Waals surface area contributed by atoms with E-state index in [1.54, 1.807) is 4.90 Å². The van der Waals surface area contributed by atoms with Crippen LogP contribution in [0.15, 0.2) is 30.3 Å². The minimum atomic E-state index is 0.178. The molecule has 1 aromatic carbocycles. The number of nitrogens with zero attached hydrogens (tertiary/aromatic N) is 2. The van der Waals surface area contributed by atoms with Crippen molar-refractivity contribution in [3.8, 4) is 5.75 Å². The Balaban J connectivity index is 1.74. The molecule has 0 aliphatic carbocycles. The zero-order valence-electron chi connectivity index (χ0n) is 14.0. The van der Waals surface area contributed by atoms with Gasteiger partial charge in [-0.25, -0.2) is 0 Å². The van der Waals surface area contributed by atoms with Crippen molar-refractivity contribution in [1.82, 2.24) is 9.80 Å². The van der Waals surface area contributed by atoms with Crippen LogP contribution in [-0.2, 0) is 4.79 Å². The number of benzene rings is 1. The van der Waals surface area contributed by atoms with E-state index in [0.717, 1.165) is 5.75 Å². The van der Waals surface area contributed by atoms with Gasteiger partial charge >= 0.3 is 0 Å². The molecular formula is C18H28N2O2. The molecule has 0 N–H and O–H groups in total. The highest BCUT2D eigenvalue weighted by Gasteiger charge is 2.27. The van der Waals surface area contributed by atoms with Crippen LogP contribution < -0.4 is 4.74 Å². The van der Waals surface area contributed by atoms with Crippen molar-refractivity contribution < 1.29 is 9.53 Å². The summed E-state index contributed by atoms with van der Waals surface area (Å²) in [6.45, 7) is 6.11. The summed E-state index contributed by atoms with van der Waals surface area (Å²) >= 11 is 0. The summed E-state index contributed by atoms with van der Waals surface area (Å²) < 4.78 is 5.65. The van der Waals surface area contributed by atoms with Crippen molar-refractivity contribution in [3.05, 3.63) is 30.3 Å². The lowest BCUT2D eigenvalue weighted by Gasteiger charge is -2.39. The standard InChI is InChI=1S/C18H28N2O2/c1-15-8-7-9-16(2)20(15)14-18(21)19(3)12-13-22-17-10-5-4-6-11-17/h4-6,10-11,15-16H,7-9,12-14H2,1-3H3. The Kier molecular flexibility index (Phi) is 6.25. The lowest BCUT2D eigenvalue weighted by Crippen LogP contribution is -2.49. The summed E-state index contributed by atoms with van der Waals surface area (Å²) in [5.74, 6) is 1.03. The van der Waals surface area contributed by atoms with E-state index in [9.17, 15) is 4.79 Å². The van der Waals surface area contributed by atoms with Crippen molar-refractivity contribution in [2.45, 2.75) is 45.2 Å². The number of carbonyl (C=O) groups excluding carboxylic acids is 1. The van der Waals surface area contributed by atoms with Gasteiger partial charge in [0.05, 0.1) is 13.1 Å². The monoisotopic (exact) mass is 304 g/mol. The zero-order chi connectivity index (χ0) is 15.9. The zero-order valence-corrected chi connectivity index (χ0v) is 14.0. The van der Waals surface area contributed by atoms with Gasteiger partial charge in [-0.1, -0.05) is 24.6 Å². The molecule has 1 aliphatic rings. The Bertz CT molecular complexity index is 453. The number of rotatable bonds is 6. The number of carbonyl (C=O) groups is 1. The minimum Gasteiger partial charge on any atom is -0.492 e. The van der Waals surface area contributed by atoms with E-state index in [1.165, 1.54) is 19.3 Å². The molecule has 1 heterocycles. The summed E-state index contributed by atoms with van der Waals surface area (Å²) in [6.07, 6.45) is 3.66. The third-order valence-electron chi connectivity index (χ3n) is 4.56. The number of likely N-dealkylation sites (N-methyl/N-ethyl adjacent to an activating group) is 1. The number of likely N-dealkylation sites (tertiary alicyclic amines) is 1. The maximum atomic E-state index is 12.4. The Labute approximate surface area is 134 Å². The fraction of sp³-hybridized carbons (Fsp3) is 0.611. The van der Waals surface area contributed by atoms with Crippen LogP contribution in [0.1, 0.15) is 33.1 Å². The Hall–Kier alpha value is -1.55. The first kappa shape index (κ1) is 16.8. The quantitative estimate of drug-likeness (QED) is 0.810. The Morgan fingerprint density at radius 2 is 1.86 bits per heavy atom. The maximum Gasteiger partial charge on any atom is 0.236 e. The van der Waals surface area contributed by atoms with E-state index in [4.69, 9.17) is 4.74 Å². The van der Waals surface area contributed by atoms with Gasteiger partial charge < -0.3 is 9.64 Å². The average molecular weight is 304 g/mol. The molecule has 1 fully saturated rings. The normalized spacial score (nSPS) is 22.3. The van der Waals surface area contributed by atoms with Gasteiger partial charge in [0.1, 0.15) is 12.4 Å². The number of ether oxygens (including phenoxy) is 1. The number of para-hydroxylation sites is 1. The predicted octanol–water partition coefficient (Wildman–Crippen LogP) is 2.79. The predicted molar refractivity (Wildman–Crippen MR) is 89.1 cm³/mol. The minimum absolute atomic E-state index is 0.178. The van der Waals surface area contributed by atoms with Gasteiger partial charge in [0, 0.05) is 19.1 Å². The molecule has 1 saturated heterocycles. The molecule has 1 aliphatic heterocycles. The molecule has 1 amide bonds.